The highest BCUT2D eigenvalue weighted by Crippen LogP contribution is 2.28. The largest absolute Gasteiger partial charge is 0.573 e. The van der Waals surface area contributed by atoms with Gasteiger partial charge in [-0.15, -0.1) is 13.2 Å². The Kier molecular flexibility index (Phi) is 6.73. The van der Waals surface area contributed by atoms with Crippen molar-refractivity contribution in [1.29, 1.82) is 0 Å². The van der Waals surface area contributed by atoms with Crippen molar-refractivity contribution in [3.8, 4) is 5.75 Å². The quantitative estimate of drug-likeness (QED) is 0.618. The average molecular weight is 456 g/mol. The molecule has 2 aromatic carbocycles. The van der Waals surface area contributed by atoms with E-state index in [1.807, 2.05) is 6.92 Å². The zero-order valence-corrected chi connectivity index (χ0v) is 17.9. The van der Waals surface area contributed by atoms with Crippen molar-refractivity contribution < 1.29 is 31.1 Å². The monoisotopic (exact) mass is 456 g/mol. The van der Waals surface area contributed by atoms with Gasteiger partial charge < -0.3 is 4.74 Å². The van der Waals surface area contributed by atoms with Crippen molar-refractivity contribution in [2.45, 2.75) is 31.1 Å². The molecular weight excluding hydrogens is 433 g/mol. The Bertz CT molecular complexity index is 1010. The molecule has 2 aromatic rings. The first-order chi connectivity index (χ1) is 14.5. The molecule has 6 nitrogen and oxygen atoms in total. The van der Waals surface area contributed by atoms with Crippen LogP contribution in [0.25, 0.3) is 0 Å². The predicted octanol–water partition coefficient (Wildman–Crippen LogP) is 3.86. The van der Waals surface area contributed by atoms with Gasteiger partial charge in [-0.05, 0) is 43.7 Å². The van der Waals surface area contributed by atoms with Crippen molar-refractivity contribution in [3.05, 3.63) is 59.7 Å². The number of Topliss-reactive ketones (excluding diaryl/α,β-unsaturated/α-hetero) is 1. The number of halogens is 3. The lowest BCUT2D eigenvalue weighted by Gasteiger charge is -2.37. The topological polar surface area (TPSA) is 66.9 Å². The van der Waals surface area contributed by atoms with Crippen LogP contribution < -0.4 is 4.74 Å². The molecule has 1 aliphatic rings. The summed E-state index contributed by atoms with van der Waals surface area (Å²) in [7, 11) is -3.67. The molecule has 1 atom stereocenters. The summed E-state index contributed by atoms with van der Waals surface area (Å²) in [5, 5.41) is 0. The Hall–Kier alpha value is -2.43. The van der Waals surface area contributed by atoms with Crippen molar-refractivity contribution >= 4 is 15.8 Å². The Labute approximate surface area is 179 Å². The van der Waals surface area contributed by atoms with Crippen LogP contribution in [0.5, 0.6) is 5.75 Å². The second-order valence-electron chi connectivity index (χ2n) is 7.31. The summed E-state index contributed by atoms with van der Waals surface area (Å²) in [5.74, 6) is -0.417. The highest BCUT2D eigenvalue weighted by molar-refractivity contribution is 7.89. The van der Waals surface area contributed by atoms with Crippen LogP contribution in [0, 0.1) is 0 Å². The number of sulfonamides is 1. The Morgan fingerprint density at radius 3 is 2.00 bits per heavy atom. The fourth-order valence-corrected chi connectivity index (χ4v) is 4.92. The van der Waals surface area contributed by atoms with Gasteiger partial charge in [0, 0.05) is 37.8 Å². The van der Waals surface area contributed by atoms with Crippen LogP contribution in [0.3, 0.4) is 0 Å². The van der Waals surface area contributed by atoms with Crippen LogP contribution in [0.15, 0.2) is 53.4 Å². The molecule has 1 fully saturated rings. The molecule has 0 radical (unpaired) electrons. The van der Waals surface area contributed by atoms with E-state index in [9.17, 15) is 26.4 Å². The number of ketones is 1. The van der Waals surface area contributed by atoms with Crippen molar-refractivity contribution in [1.82, 2.24) is 9.21 Å². The second-order valence-corrected chi connectivity index (χ2v) is 9.25. The number of hydrogen-bond donors (Lipinski definition) is 0. The van der Waals surface area contributed by atoms with Gasteiger partial charge in [0.2, 0.25) is 10.0 Å². The van der Waals surface area contributed by atoms with Crippen molar-refractivity contribution in [3.63, 3.8) is 0 Å². The Balaban J connectivity index is 1.62. The van der Waals surface area contributed by atoms with Crippen LogP contribution in [-0.2, 0) is 10.0 Å². The van der Waals surface area contributed by atoms with E-state index >= 15 is 0 Å². The van der Waals surface area contributed by atoms with Gasteiger partial charge in [0.15, 0.2) is 5.78 Å². The molecular formula is C21H23F3N2O4S. The summed E-state index contributed by atoms with van der Waals surface area (Å²) in [6.07, 6.45) is -4.73. The van der Waals surface area contributed by atoms with Crippen molar-refractivity contribution in [2.75, 3.05) is 26.2 Å². The van der Waals surface area contributed by atoms with E-state index in [2.05, 4.69) is 9.64 Å². The molecule has 1 aliphatic heterocycles. The number of carbonyl (C=O) groups excluding carboxylic acids is 1. The van der Waals surface area contributed by atoms with E-state index in [0.717, 1.165) is 5.56 Å². The van der Waals surface area contributed by atoms with Crippen LogP contribution in [0.2, 0.25) is 0 Å². The number of rotatable bonds is 6. The van der Waals surface area contributed by atoms with Gasteiger partial charge in [-0.25, -0.2) is 8.42 Å². The zero-order chi connectivity index (χ0) is 22.8. The fourth-order valence-electron chi connectivity index (χ4n) is 3.50. The third-order valence-corrected chi connectivity index (χ3v) is 7.23. The fraction of sp³-hybridized carbons (Fsp3) is 0.381. The third-order valence-electron chi connectivity index (χ3n) is 5.32. The molecule has 1 unspecified atom stereocenters. The highest BCUT2D eigenvalue weighted by atomic mass is 32.2. The first kappa shape index (κ1) is 23.2. The predicted molar refractivity (Wildman–Crippen MR) is 108 cm³/mol. The molecule has 1 heterocycles. The maximum Gasteiger partial charge on any atom is 0.573 e. The molecule has 0 saturated carbocycles. The Morgan fingerprint density at radius 2 is 1.52 bits per heavy atom. The number of carbonyl (C=O) groups is 1. The van der Waals surface area contributed by atoms with Gasteiger partial charge in [-0.1, -0.05) is 24.3 Å². The molecule has 0 aromatic heterocycles. The number of nitrogens with zero attached hydrogens (tertiary/aromatic N) is 2. The van der Waals surface area contributed by atoms with E-state index in [0.29, 0.717) is 18.7 Å². The molecule has 0 amide bonds. The first-order valence-corrected chi connectivity index (χ1v) is 11.1. The molecule has 168 valence electrons. The minimum Gasteiger partial charge on any atom is -0.406 e. The minimum atomic E-state index is -4.73. The molecule has 3 rings (SSSR count). The summed E-state index contributed by atoms with van der Waals surface area (Å²) < 4.78 is 68.0. The average Bonchev–Trinajstić information content (AvgIpc) is 2.73. The lowest BCUT2D eigenvalue weighted by molar-refractivity contribution is -0.274. The van der Waals surface area contributed by atoms with Gasteiger partial charge in [-0.3, -0.25) is 9.69 Å². The standard InChI is InChI=1S/C21H23F3N2O4S/c1-15(17-3-7-19(8-4-17)30-21(22,23)24)25-11-13-26(14-12-25)31(28,29)20-9-5-18(6-10-20)16(2)27/h3-10,15H,11-14H2,1-2H3. The van der Waals surface area contributed by atoms with E-state index < -0.39 is 16.4 Å². The summed E-state index contributed by atoms with van der Waals surface area (Å²) in [6, 6.07) is 11.5. The third kappa shape index (κ3) is 5.63. The number of ether oxygens (including phenoxy) is 1. The molecule has 0 spiro atoms. The number of piperazine rings is 1. The van der Waals surface area contributed by atoms with E-state index in [1.165, 1.54) is 47.6 Å². The molecule has 0 aliphatic carbocycles. The number of benzene rings is 2. The Morgan fingerprint density at radius 1 is 0.968 bits per heavy atom. The number of alkyl halides is 3. The smallest absolute Gasteiger partial charge is 0.406 e. The van der Waals surface area contributed by atoms with E-state index in [1.54, 1.807) is 12.1 Å². The minimum absolute atomic E-state index is 0.0976. The SMILES string of the molecule is CC(=O)c1ccc(S(=O)(=O)N2CCN(C(C)c3ccc(OC(F)(F)F)cc3)CC2)cc1. The highest BCUT2D eigenvalue weighted by Gasteiger charge is 2.32. The van der Waals surface area contributed by atoms with Gasteiger partial charge in [0.1, 0.15) is 5.75 Å². The van der Waals surface area contributed by atoms with Gasteiger partial charge in [-0.2, -0.15) is 4.31 Å². The lowest BCUT2D eigenvalue weighted by atomic mass is 10.1. The maximum atomic E-state index is 12.9. The van der Waals surface area contributed by atoms with Crippen LogP contribution >= 0.6 is 0 Å². The molecule has 31 heavy (non-hydrogen) atoms. The molecule has 0 N–H and O–H groups in total. The molecule has 0 bridgehead atoms. The van der Waals surface area contributed by atoms with Crippen molar-refractivity contribution in [2.24, 2.45) is 0 Å². The summed E-state index contributed by atoms with van der Waals surface area (Å²) in [5.41, 5.74) is 1.26. The normalized spacial score (nSPS) is 17.3. The van der Waals surface area contributed by atoms with Crippen LogP contribution in [0.1, 0.15) is 35.8 Å². The summed E-state index contributed by atoms with van der Waals surface area (Å²) >= 11 is 0. The van der Waals surface area contributed by atoms with E-state index in [4.69, 9.17) is 0 Å². The summed E-state index contributed by atoms with van der Waals surface area (Å²) in [6.45, 7) is 4.87. The molecule has 10 heteroatoms. The van der Waals surface area contributed by atoms with E-state index in [-0.39, 0.29) is 35.6 Å². The van der Waals surface area contributed by atoms with Gasteiger partial charge in [0.25, 0.3) is 0 Å². The van der Waals surface area contributed by atoms with Crippen LogP contribution in [0.4, 0.5) is 13.2 Å². The first-order valence-electron chi connectivity index (χ1n) is 9.68. The van der Waals surface area contributed by atoms with Gasteiger partial charge >= 0.3 is 6.36 Å². The lowest BCUT2D eigenvalue weighted by Crippen LogP contribution is -2.49. The zero-order valence-electron chi connectivity index (χ0n) is 17.1. The molecule has 1 saturated heterocycles. The van der Waals surface area contributed by atoms with Crippen LogP contribution in [-0.4, -0.2) is 55.9 Å². The van der Waals surface area contributed by atoms with Gasteiger partial charge in [0.05, 0.1) is 4.90 Å². The number of hydrogen-bond acceptors (Lipinski definition) is 5. The second kappa shape index (κ2) is 8.97. The maximum absolute atomic E-state index is 12.9. The summed E-state index contributed by atoms with van der Waals surface area (Å²) in [4.78, 5) is 13.6.